The van der Waals surface area contributed by atoms with Crippen molar-refractivity contribution in [2.24, 2.45) is 0 Å². The van der Waals surface area contributed by atoms with Gasteiger partial charge in [-0.15, -0.1) is 0 Å². The van der Waals surface area contributed by atoms with Crippen molar-refractivity contribution in [2.75, 3.05) is 0 Å². The van der Waals surface area contributed by atoms with E-state index in [2.05, 4.69) is 13.0 Å². The van der Waals surface area contributed by atoms with Crippen molar-refractivity contribution in [2.45, 2.75) is 46.1 Å². The zero-order valence-electron chi connectivity index (χ0n) is 10.5. The van der Waals surface area contributed by atoms with Crippen molar-refractivity contribution in [3.63, 3.8) is 0 Å². The molecular formula is C14H20O2. The van der Waals surface area contributed by atoms with Crippen LogP contribution in [0.2, 0.25) is 0 Å². The van der Waals surface area contributed by atoms with Crippen LogP contribution in [-0.4, -0.2) is 11.4 Å². The molecule has 0 unspecified atom stereocenters. The number of hydrogen-bond acceptors (Lipinski definition) is 2. The second kappa shape index (κ2) is 5.15. The molecule has 0 fully saturated rings. The Morgan fingerprint density at radius 2 is 1.94 bits per heavy atom. The van der Waals surface area contributed by atoms with Crippen LogP contribution >= 0.6 is 0 Å². The van der Waals surface area contributed by atoms with Crippen LogP contribution < -0.4 is 4.74 Å². The van der Waals surface area contributed by atoms with Crippen molar-refractivity contribution in [3.8, 4) is 5.75 Å². The van der Waals surface area contributed by atoms with Crippen molar-refractivity contribution in [1.29, 1.82) is 0 Å². The minimum atomic E-state index is -0.433. The second-order valence-electron chi connectivity index (χ2n) is 4.70. The highest BCUT2D eigenvalue weighted by Crippen LogP contribution is 2.25. The van der Waals surface area contributed by atoms with Crippen LogP contribution in [0, 0.1) is 0 Å². The topological polar surface area (TPSA) is 26.3 Å². The van der Waals surface area contributed by atoms with E-state index >= 15 is 0 Å². The Labute approximate surface area is 97.6 Å². The summed E-state index contributed by atoms with van der Waals surface area (Å²) in [5.41, 5.74) is 0.746. The lowest BCUT2D eigenvalue weighted by atomic mass is 10.0. The number of benzene rings is 1. The van der Waals surface area contributed by atoms with E-state index in [0.29, 0.717) is 6.42 Å². The van der Waals surface area contributed by atoms with Crippen LogP contribution in [0.4, 0.5) is 0 Å². The lowest BCUT2D eigenvalue weighted by Crippen LogP contribution is -2.31. The maximum Gasteiger partial charge on any atom is 0.133 e. The molecule has 0 amide bonds. The molecule has 1 aromatic rings. The minimum Gasteiger partial charge on any atom is -0.487 e. The number of Topliss-reactive ketones (excluding diaryl/α,β-unsaturated/α-hetero) is 1. The number of hydrogen-bond donors (Lipinski definition) is 0. The molecule has 0 atom stereocenters. The number of para-hydroxylation sites is 1. The van der Waals surface area contributed by atoms with Gasteiger partial charge in [0.05, 0.1) is 0 Å². The average Bonchev–Trinajstić information content (AvgIpc) is 2.15. The number of ketones is 1. The molecule has 0 radical (unpaired) electrons. The van der Waals surface area contributed by atoms with Crippen molar-refractivity contribution in [1.82, 2.24) is 0 Å². The molecule has 0 saturated heterocycles. The van der Waals surface area contributed by atoms with Gasteiger partial charge < -0.3 is 4.74 Å². The first-order valence-electron chi connectivity index (χ1n) is 5.71. The lowest BCUT2D eigenvalue weighted by molar-refractivity contribution is -0.120. The number of rotatable bonds is 5. The predicted molar refractivity (Wildman–Crippen MR) is 65.8 cm³/mol. The summed E-state index contributed by atoms with van der Waals surface area (Å²) in [4.78, 5) is 11.1. The molecule has 2 heteroatoms. The molecule has 0 aliphatic rings. The van der Waals surface area contributed by atoms with Gasteiger partial charge in [0, 0.05) is 6.42 Å². The van der Waals surface area contributed by atoms with Crippen LogP contribution in [0.25, 0.3) is 0 Å². The highest BCUT2D eigenvalue weighted by molar-refractivity contribution is 5.76. The van der Waals surface area contributed by atoms with Crippen LogP contribution in [-0.2, 0) is 11.2 Å². The number of ether oxygens (including phenoxy) is 1. The maximum atomic E-state index is 11.1. The molecule has 0 spiro atoms. The van der Waals surface area contributed by atoms with Gasteiger partial charge in [-0.05, 0) is 38.8 Å². The molecule has 0 saturated carbocycles. The van der Waals surface area contributed by atoms with E-state index in [9.17, 15) is 4.79 Å². The molecular weight excluding hydrogens is 200 g/mol. The van der Waals surface area contributed by atoms with E-state index in [1.165, 1.54) is 5.56 Å². The maximum absolute atomic E-state index is 11.1. The second-order valence-corrected chi connectivity index (χ2v) is 4.70. The average molecular weight is 220 g/mol. The zero-order valence-corrected chi connectivity index (χ0v) is 10.5. The standard InChI is InChI=1S/C14H20O2/c1-5-12-8-6-7-9-13(12)16-14(3,4)10-11(2)15/h6-9H,5,10H2,1-4H3. The van der Waals surface area contributed by atoms with E-state index in [4.69, 9.17) is 4.74 Å². The molecule has 1 aromatic carbocycles. The molecule has 0 bridgehead atoms. The van der Waals surface area contributed by atoms with E-state index in [1.807, 2.05) is 32.0 Å². The summed E-state index contributed by atoms with van der Waals surface area (Å²) in [5, 5.41) is 0. The van der Waals surface area contributed by atoms with Crippen molar-refractivity contribution >= 4 is 5.78 Å². The van der Waals surface area contributed by atoms with Gasteiger partial charge in [0.15, 0.2) is 0 Å². The fraction of sp³-hybridized carbons (Fsp3) is 0.500. The Morgan fingerprint density at radius 1 is 1.31 bits per heavy atom. The van der Waals surface area contributed by atoms with Gasteiger partial charge in [-0.2, -0.15) is 0 Å². The van der Waals surface area contributed by atoms with Gasteiger partial charge in [0.25, 0.3) is 0 Å². The van der Waals surface area contributed by atoms with Crippen LogP contribution in [0.3, 0.4) is 0 Å². The number of aryl methyl sites for hydroxylation is 1. The van der Waals surface area contributed by atoms with Crippen LogP contribution in [0.15, 0.2) is 24.3 Å². The van der Waals surface area contributed by atoms with E-state index < -0.39 is 5.60 Å². The van der Waals surface area contributed by atoms with Crippen LogP contribution in [0.1, 0.15) is 39.7 Å². The first-order valence-corrected chi connectivity index (χ1v) is 5.71. The summed E-state index contributed by atoms with van der Waals surface area (Å²) in [6, 6.07) is 7.97. The fourth-order valence-electron chi connectivity index (χ4n) is 1.83. The third-order valence-corrected chi connectivity index (χ3v) is 2.41. The molecule has 1 rings (SSSR count). The highest BCUT2D eigenvalue weighted by Gasteiger charge is 2.22. The third kappa shape index (κ3) is 3.69. The SMILES string of the molecule is CCc1ccccc1OC(C)(C)CC(C)=O. The van der Waals surface area contributed by atoms with Crippen molar-refractivity contribution in [3.05, 3.63) is 29.8 Å². The van der Waals surface area contributed by atoms with E-state index in [0.717, 1.165) is 12.2 Å². The Morgan fingerprint density at radius 3 is 2.50 bits per heavy atom. The van der Waals surface area contributed by atoms with Gasteiger partial charge in [-0.25, -0.2) is 0 Å². The molecule has 0 N–H and O–H groups in total. The monoisotopic (exact) mass is 220 g/mol. The summed E-state index contributed by atoms with van der Waals surface area (Å²) in [7, 11) is 0. The fourth-order valence-corrected chi connectivity index (χ4v) is 1.83. The summed E-state index contributed by atoms with van der Waals surface area (Å²) in [6.45, 7) is 7.58. The summed E-state index contributed by atoms with van der Waals surface area (Å²) in [6.07, 6.45) is 1.37. The molecule has 0 heterocycles. The Kier molecular flexibility index (Phi) is 4.11. The minimum absolute atomic E-state index is 0.152. The number of carbonyl (C=O) groups is 1. The Balaban J connectivity index is 2.82. The quantitative estimate of drug-likeness (QED) is 0.760. The third-order valence-electron chi connectivity index (χ3n) is 2.41. The van der Waals surface area contributed by atoms with Gasteiger partial charge in [-0.3, -0.25) is 4.79 Å². The molecule has 0 aromatic heterocycles. The summed E-state index contributed by atoms with van der Waals surface area (Å²) in [5.74, 6) is 1.04. The molecule has 0 aliphatic heterocycles. The number of carbonyl (C=O) groups excluding carboxylic acids is 1. The lowest BCUT2D eigenvalue weighted by Gasteiger charge is -2.26. The van der Waals surface area contributed by atoms with Gasteiger partial charge >= 0.3 is 0 Å². The zero-order chi connectivity index (χ0) is 12.2. The molecule has 88 valence electrons. The molecule has 16 heavy (non-hydrogen) atoms. The first kappa shape index (κ1) is 12.8. The van der Waals surface area contributed by atoms with Gasteiger partial charge in [0.2, 0.25) is 0 Å². The highest BCUT2D eigenvalue weighted by atomic mass is 16.5. The summed E-state index contributed by atoms with van der Waals surface area (Å²) >= 11 is 0. The normalized spacial score (nSPS) is 11.2. The first-order chi connectivity index (χ1) is 7.44. The van der Waals surface area contributed by atoms with E-state index in [1.54, 1.807) is 6.92 Å². The molecule has 0 aliphatic carbocycles. The van der Waals surface area contributed by atoms with Gasteiger partial charge in [-0.1, -0.05) is 25.1 Å². The molecule has 2 nitrogen and oxygen atoms in total. The van der Waals surface area contributed by atoms with Gasteiger partial charge in [0.1, 0.15) is 17.1 Å². The Hall–Kier alpha value is -1.31. The van der Waals surface area contributed by atoms with Crippen LogP contribution in [0.5, 0.6) is 5.75 Å². The van der Waals surface area contributed by atoms with E-state index in [-0.39, 0.29) is 5.78 Å². The van der Waals surface area contributed by atoms with Crippen molar-refractivity contribution < 1.29 is 9.53 Å². The Bertz CT molecular complexity index is 367. The largest absolute Gasteiger partial charge is 0.487 e. The smallest absolute Gasteiger partial charge is 0.133 e. The summed E-state index contributed by atoms with van der Waals surface area (Å²) < 4.78 is 5.91. The predicted octanol–water partition coefficient (Wildman–Crippen LogP) is 3.39.